The minimum atomic E-state index is -6.50. The van der Waals surface area contributed by atoms with Gasteiger partial charge in [0, 0.05) is 18.2 Å². The Morgan fingerprint density at radius 2 is 1.36 bits per heavy atom. The Balaban J connectivity index is 2.67. The van der Waals surface area contributed by atoms with Gasteiger partial charge in [-0.1, -0.05) is 18.7 Å². The minimum absolute atomic E-state index is 0.00738. The van der Waals surface area contributed by atoms with Crippen molar-refractivity contribution in [1.82, 2.24) is 0 Å². The molecule has 0 aliphatic rings. The summed E-state index contributed by atoms with van der Waals surface area (Å²) in [4.78, 5) is 26.1. The molecule has 0 bridgehead atoms. The van der Waals surface area contributed by atoms with Crippen LogP contribution in [-0.2, 0) is 14.3 Å². The molecule has 0 unspecified atom stereocenters. The van der Waals surface area contributed by atoms with Gasteiger partial charge < -0.3 is 9.47 Å². The van der Waals surface area contributed by atoms with Gasteiger partial charge in [-0.05, 0) is 38.3 Å². The molecule has 0 radical (unpaired) electrons. The molecular weight excluding hydrogens is 463 g/mol. The lowest BCUT2D eigenvalue weighted by Crippen LogP contribution is -2.56. The van der Waals surface area contributed by atoms with Gasteiger partial charge in [-0.2, -0.15) is 30.7 Å². The third-order valence-electron chi connectivity index (χ3n) is 4.27. The quantitative estimate of drug-likeness (QED) is 0.139. The largest absolute Gasteiger partial charge is 0.462 e. The number of aliphatic imine (C=N–C) groups is 1. The van der Waals surface area contributed by atoms with E-state index in [4.69, 9.17) is 9.47 Å². The molecule has 0 aromatic heterocycles. The van der Waals surface area contributed by atoms with Gasteiger partial charge in [-0.15, -0.1) is 0 Å². The van der Waals surface area contributed by atoms with E-state index in [9.17, 15) is 40.3 Å². The predicted molar refractivity (Wildman–Crippen MR) is 105 cm³/mol. The summed E-state index contributed by atoms with van der Waals surface area (Å²) in [6.07, 6.45) is -4.99. The molecule has 12 heteroatoms. The Bertz CT molecular complexity index is 878. The number of nitrogens with zero attached hydrogens (tertiary/aromatic N) is 1. The SMILES string of the molecule is C=C(C)C(=O)OCCCCCOC(=O)c1ccc(/C(=N/C)C(F)(F)C(F)(F)C(F)(F)F)cc1. The summed E-state index contributed by atoms with van der Waals surface area (Å²) in [6.45, 7) is 5.10. The van der Waals surface area contributed by atoms with Crippen LogP contribution in [0.3, 0.4) is 0 Å². The Morgan fingerprint density at radius 3 is 1.82 bits per heavy atom. The average Bonchev–Trinajstić information content (AvgIpc) is 2.72. The fraction of sp³-hybridized carbons (Fsp3) is 0.476. The summed E-state index contributed by atoms with van der Waals surface area (Å²) < 4.78 is 102. The van der Waals surface area contributed by atoms with E-state index < -0.39 is 41.2 Å². The Hall–Kier alpha value is -2.92. The van der Waals surface area contributed by atoms with E-state index in [0.717, 1.165) is 24.3 Å². The van der Waals surface area contributed by atoms with E-state index in [0.29, 0.717) is 26.3 Å². The molecule has 0 heterocycles. The number of carbonyl (C=O) groups is 2. The summed E-state index contributed by atoms with van der Waals surface area (Å²) in [7, 11) is 0.650. The fourth-order valence-electron chi connectivity index (χ4n) is 2.46. The number of rotatable bonds is 11. The highest BCUT2D eigenvalue weighted by Gasteiger charge is 2.74. The van der Waals surface area contributed by atoms with Gasteiger partial charge >= 0.3 is 30.0 Å². The zero-order valence-corrected chi connectivity index (χ0v) is 17.8. The normalized spacial score (nSPS) is 12.9. The van der Waals surface area contributed by atoms with Crippen LogP contribution in [0.5, 0.6) is 0 Å². The molecule has 0 N–H and O–H groups in total. The van der Waals surface area contributed by atoms with Crippen LogP contribution in [0.15, 0.2) is 41.4 Å². The van der Waals surface area contributed by atoms with E-state index in [2.05, 4.69) is 11.6 Å². The number of carbonyl (C=O) groups excluding carboxylic acids is 2. The zero-order valence-electron chi connectivity index (χ0n) is 17.8. The molecule has 1 aromatic rings. The summed E-state index contributed by atoms with van der Waals surface area (Å²) in [5, 5.41) is 0. The van der Waals surface area contributed by atoms with Crippen molar-refractivity contribution < 1.29 is 49.8 Å². The first-order valence-corrected chi connectivity index (χ1v) is 9.56. The van der Waals surface area contributed by atoms with Gasteiger partial charge in [0.1, 0.15) is 5.71 Å². The number of halogens is 7. The summed E-state index contributed by atoms with van der Waals surface area (Å²) >= 11 is 0. The van der Waals surface area contributed by atoms with E-state index in [1.54, 1.807) is 0 Å². The molecule has 1 aromatic carbocycles. The van der Waals surface area contributed by atoms with Crippen LogP contribution in [0, 0.1) is 0 Å². The minimum Gasteiger partial charge on any atom is -0.462 e. The van der Waals surface area contributed by atoms with Crippen LogP contribution in [0.25, 0.3) is 0 Å². The fourth-order valence-corrected chi connectivity index (χ4v) is 2.46. The number of alkyl halides is 7. The average molecular weight is 485 g/mol. The van der Waals surface area contributed by atoms with E-state index in [1.807, 2.05) is 0 Å². The van der Waals surface area contributed by atoms with Crippen molar-refractivity contribution in [2.75, 3.05) is 20.3 Å². The first-order valence-electron chi connectivity index (χ1n) is 9.56. The molecule has 0 amide bonds. The highest BCUT2D eigenvalue weighted by molar-refractivity contribution is 6.06. The van der Waals surface area contributed by atoms with Crippen molar-refractivity contribution >= 4 is 17.7 Å². The molecule has 0 atom stereocenters. The van der Waals surface area contributed by atoms with Crippen LogP contribution >= 0.6 is 0 Å². The molecule has 0 spiro atoms. The molecule has 5 nitrogen and oxygen atoms in total. The smallest absolute Gasteiger partial charge is 0.460 e. The monoisotopic (exact) mass is 485 g/mol. The second kappa shape index (κ2) is 11.3. The highest BCUT2D eigenvalue weighted by Crippen LogP contribution is 2.48. The van der Waals surface area contributed by atoms with Gasteiger partial charge in [0.05, 0.1) is 18.8 Å². The van der Waals surface area contributed by atoms with Crippen molar-refractivity contribution in [2.24, 2.45) is 4.99 Å². The molecule has 0 aliphatic carbocycles. The second-order valence-electron chi connectivity index (χ2n) is 6.91. The topological polar surface area (TPSA) is 65.0 Å². The van der Waals surface area contributed by atoms with Crippen LogP contribution < -0.4 is 0 Å². The molecule has 33 heavy (non-hydrogen) atoms. The highest BCUT2D eigenvalue weighted by atomic mass is 19.4. The van der Waals surface area contributed by atoms with E-state index in [-0.39, 0.29) is 24.4 Å². The number of benzene rings is 1. The zero-order chi connectivity index (χ0) is 25.4. The second-order valence-corrected chi connectivity index (χ2v) is 6.91. The Kier molecular flexibility index (Phi) is 9.61. The lowest BCUT2D eigenvalue weighted by atomic mass is 9.98. The molecular formula is C21H22F7NO4. The predicted octanol–water partition coefficient (Wildman–Crippen LogP) is 5.38. The van der Waals surface area contributed by atoms with Crippen LogP contribution in [0.1, 0.15) is 42.1 Å². The maximum Gasteiger partial charge on any atom is 0.460 e. The van der Waals surface area contributed by atoms with Crippen LogP contribution in [0.2, 0.25) is 0 Å². The molecule has 0 saturated heterocycles. The standard InChI is InChI=1S/C21H22F7NO4/c1-13(2)17(30)32-11-5-4-6-12-33-18(31)15-9-7-14(8-10-15)16(29-3)19(22,23)20(24,25)21(26,27)28/h7-10H,1,4-6,11-12H2,2-3H3/b29-16-. The summed E-state index contributed by atoms with van der Waals surface area (Å²) in [5.41, 5.74) is -2.36. The molecule has 0 fully saturated rings. The first-order chi connectivity index (χ1) is 15.2. The van der Waals surface area contributed by atoms with Crippen LogP contribution in [-0.4, -0.2) is 55.9 Å². The van der Waals surface area contributed by atoms with E-state index >= 15 is 0 Å². The van der Waals surface area contributed by atoms with Crippen molar-refractivity contribution in [1.29, 1.82) is 0 Å². The van der Waals surface area contributed by atoms with Gasteiger partial charge in [-0.25, -0.2) is 9.59 Å². The molecule has 0 aliphatic heterocycles. The number of hydrogen-bond donors (Lipinski definition) is 0. The van der Waals surface area contributed by atoms with Gasteiger partial charge in [0.25, 0.3) is 0 Å². The Morgan fingerprint density at radius 1 is 0.879 bits per heavy atom. The number of hydrogen-bond acceptors (Lipinski definition) is 5. The number of esters is 2. The first kappa shape index (κ1) is 28.1. The number of unbranched alkanes of at least 4 members (excludes halogenated alkanes) is 2. The van der Waals surface area contributed by atoms with Gasteiger partial charge in [0.2, 0.25) is 0 Å². The Labute approximate surface area is 185 Å². The number of ether oxygens (including phenoxy) is 2. The molecule has 184 valence electrons. The third kappa shape index (κ3) is 7.03. The van der Waals surface area contributed by atoms with Crippen LogP contribution in [0.4, 0.5) is 30.7 Å². The maximum atomic E-state index is 14.0. The van der Waals surface area contributed by atoms with Gasteiger partial charge in [0.15, 0.2) is 0 Å². The lowest BCUT2D eigenvalue weighted by Gasteiger charge is -2.29. The third-order valence-corrected chi connectivity index (χ3v) is 4.27. The van der Waals surface area contributed by atoms with Crippen molar-refractivity contribution in [2.45, 2.75) is 44.2 Å². The lowest BCUT2D eigenvalue weighted by molar-refractivity contribution is -0.336. The van der Waals surface area contributed by atoms with Crippen molar-refractivity contribution in [3.8, 4) is 0 Å². The molecule has 0 saturated carbocycles. The van der Waals surface area contributed by atoms with Crippen molar-refractivity contribution in [3.05, 3.63) is 47.5 Å². The van der Waals surface area contributed by atoms with Crippen molar-refractivity contribution in [3.63, 3.8) is 0 Å². The summed E-state index contributed by atoms with van der Waals surface area (Å²) in [6, 6.07) is 3.44. The molecule has 1 rings (SSSR count). The van der Waals surface area contributed by atoms with Gasteiger partial charge in [-0.3, -0.25) is 4.99 Å². The summed E-state index contributed by atoms with van der Waals surface area (Å²) in [5.74, 6) is -13.4. The van der Waals surface area contributed by atoms with E-state index in [1.165, 1.54) is 6.92 Å². The maximum absolute atomic E-state index is 14.0.